The van der Waals surface area contributed by atoms with Gasteiger partial charge in [0.1, 0.15) is 0 Å². The number of aliphatic hydroxyl groups is 1. The van der Waals surface area contributed by atoms with Crippen LogP contribution in [0.3, 0.4) is 0 Å². The molecule has 2 unspecified atom stereocenters. The van der Waals surface area contributed by atoms with E-state index in [9.17, 15) is 4.79 Å². The Morgan fingerprint density at radius 1 is 1.37 bits per heavy atom. The molecule has 0 bridgehead atoms. The molecule has 0 spiro atoms. The van der Waals surface area contributed by atoms with Crippen molar-refractivity contribution in [2.75, 3.05) is 6.61 Å². The highest BCUT2D eigenvalue weighted by atomic mass is 35.5. The molecule has 1 aliphatic carbocycles. The largest absolute Gasteiger partial charge is 0.394 e. The Morgan fingerprint density at radius 3 is 2.47 bits per heavy atom. The summed E-state index contributed by atoms with van der Waals surface area (Å²) in [6.45, 7) is 3.50. The predicted octanol–water partition coefficient (Wildman–Crippen LogP) is 2.98. The number of benzene rings is 1. The topological polar surface area (TPSA) is 49.3 Å². The molecule has 1 aromatic carbocycles. The Labute approximate surface area is 122 Å². The van der Waals surface area contributed by atoms with Gasteiger partial charge >= 0.3 is 0 Å². The summed E-state index contributed by atoms with van der Waals surface area (Å²) in [5.74, 6) is 0.0891. The van der Waals surface area contributed by atoms with Gasteiger partial charge in [-0.25, -0.2) is 0 Å². The van der Waals surface area contributed by atoms with Crippen LogP contribution in [0.15, 0.2) is 18.2 Å². The minimum atomic E-state index is -0.587. The van der Waals surface area contributed by atoms with Crippen molar-refractivity contribution in [1.82, 2.24) is 5.32 Å². The second kappa shape index (κ2) is 5.31. The number of carbonyl (C=O) groups excluding carboxylic acids is 1. The molecule has 0 heterocycles. The fourth-order valence-electron chi connectivity index (χ4n) is 2.11. The van der Waals surface area contributed by atoms with Crippen molar-refractivity contribution in [1.29, 1.82) is 0 Å². The first-order valence-electron chi connectivity index (χ1n) is 6.21. The average Bonchev–Trinajstić information content (AvgIpc) is 3.07. The van der Waals surface area contributed by atoms with Gasteiger partial charge in [0.05, 0.1) is 12.1 Å². The van der Waals surface area contributed by atoms with Crippen LogP contribution in [0.2, 0.25) is 10.0 Å². The minimum Gasteiger partial charge on any atom is -0.394 e. The van der Waals surface area contributed by atoms with Crippen LogP contribution in [0.5, 0.6) is 0 Å². The third-order valence-corrected chi connectivity index (χ3v) is 3.73. The molecule has 19 heavy (non-hydrogen) atoms. The van der Waals surface area contributed by atoms with Crippen LogP contribution >= 0.6 is 23.2 Å². The van der Waals surface area contributed by atoms with Crippen LogP contribution in [0.25, 0.3) is 0 Å². The van der Waals surface area contributed by atoms with Gasteiger partial charge in [-0.05, 0) is 49.9 Å². The number of aliphatic hydroxyl groups excluding tert-OH is 1. The van der Waals surface area contributed by atoms with E-state index in [0.717, 1.165) is 12.0 Å². The summed E-state index contributed by atoms with van der Waals surface area (Å²) in [5, 5.41) is 13.2. The first kappa shape index (κ1) is 14.6. The van der Waals surface area contributed by atoms with Crippen molar-refractivity contribution < 1.29 is 9.90 Å². The maximum absolute atomic E-state index is 12.0. The molecule has 0 saturated heterocycles. The molecule has 1 aromatic rings. The van der Waals surface area contributed by atoms with E-state index < -0.39 is 5.54 Å². The number of hydrogen-bond acceptors (Lipinski definition) is 2. The van der Waals surface area contributed by atoms with E-state index >= 15 is 0 Å². The number of nitrogens with one attached hydrogen (secondary N) is 1. The quantitative estimate of drug-likeness (QED) is 0.898. The van der Waals surface area contributed by atoms with E-state index in [0.29, 0.717) is 10.0 Å². The fourth-order valence-corrected chi connectivity index (χ4v) is 2.65. The summed E-state index contributed by atoms with van der Waals surface area (Å²) in [4.78, 5) is 12.0. The van der Waals surface area contributed by atoms with Crippen LogP contribution in [-0.4, -0.2) is 23.2 Å². The molecule has 3 nitrogen and oxygen atoms in total. The molecular formula is C14H17Cl2NO2. The van der Waals surface area contributed by atoms with Gasteiger partial charge in [-0.15, -0.1) is 0 Å². The molecule has 5 heteroatoms. The number of halogens is 2. The SMILES string of the molecule is CC(C)(CO)NC(=O)C1CC1c1cc(Cl)cc(Cl)c1. The standard InChI is InChI=1S/C14H17Cl2NO2/c1-14(2,7-18)17-13(19)12-6-11(12)8-3-9(15)5-10(16)4-8/h3-5,11-12,18H,6-7H2,1-2H3,(H,17,19). The van der Waals surface area contributed by atoms with Gasteiger partial charge in [0.25, 0.3) is 0 Å². The second-order valence-electron chi connectivity index (χ2n) is 5.68. The zero-order valence-electron chi connectivity index (χ0n) is 10.9. The van der Waals surface area contributed by atoms with Gasteiger partial charge in [0.2, 0.25) is 5.91 Å². The van der Waals surface area contributed by atoms with E-state index in [1.807, 2.05) is 12.1 Å². The van der Waals surface area contributed by atoms with Gasteiger partial charge in [-0.1, -0.05) is 23.2 Å². The average molecular weight is 302 g/mol. The summed E-state index contributed by atoms with van der Waals surface area (Å²) >= 11 is 11.9. The third-order valence-electron chi connectivity index (χ3n) is 3.30. The van der Waals surface area contributed by atoms with Crippen molar-refractivity contribution in [2.45, 2.75) is 31.7 Å². The van der Waals surface area contributed by atoms with Crippen LogP contribution in [0.4, 0.5) is 0 Å². The number of rotatable bonds is 4. The number of hydrogen-bond donors (Lipinski definition) is 2. The summed E-state index contributed by atoms with van der Waals surface area (Å²) in [7, 11) is 0. The Balaban J connectivity index is 2.02. The molecule has 1 aliphatic rings. The van der Waals surface area contributed by atoms with Crippen LogP contribution in [-0.2, 0) is 4.79 Å². The Morgan fingerprint density at radius 2 is 1.95 bits per heavy atom. The number of carbonyl (C=O) groups is 1. The smallest absolute Gasteiger partial charge is 0.224 e. The van der Waals surface area contributed by atoms with Gasteiger partial charge in [-0.3, -0.25) is 4.79 Å². The summed E-state index contributed by atoms with van der Waals surface area (Å²) < 4.78 is 0. The summed E-state index contributed by atoms with van der Waals surface area (Å²) in [5.41, 5.74) is 0.412. The molecule has 1 fully saturated rings. The molecule has 2 N–H and O–H groups in total. The lowest BCUT2D eigenvalue weighted by atomic mass is 10.1. The van der Waals surface area contributed by atoms with Crippen molar-refractivity contribution >= 4 is 29.1 Å². The molecular weight excluding hydrogens is 285 g/mol. The van der Waals surface area contributed by atoms with Crippen molar-refractivity contribution in [2.24, 2.45) is 5.92 Å². The molecule has 0 radical (unpaired) electrons. The maximum Gasteiger partial charge on any atom is 0.224 e. The normalized spacial score (nSPS) is 22.2. The Kier molecular flexibility index (Phi) is 4.09. The van der Waals surface area contributed by atoms with E-state index in [4.69, 9.17) is 28.3 Å². The van der Waals surface area contributed by atoms with Crippen molar-refractivity contribution in [3.8, 4) is 0 Å². The fraction of sp³-hybridized carbons (Fsp3) is 0.500. The zero-order valence-corrected chi connectivity index (χ0v) is 12.4. The summed E-state index contributed by atoms with van der Waals surface area (Å²) in [6, 6.07) is 5.38. The van der Waals surface area contributed by atoms with Crippen molar-refractivity contribution in [3.63, 3.8) is 0 Å². The molecule has 1 saturated carbocycles. The Hall–Kier alpha value is -0.770. The lowest BCUT2D eigenvalue weighted by Crippen LogP contribution is -2.47. The second-order valence-corrected chi connectivity index (χ2v) is 6.56. The van der Waals surface area contributed by atoms with Gasteiger partial charge in [-0.2, -0.15) is 0 Å². The molecule has 2 rings (SSSR count). The van der Waals surface area contributed by atoms with Gasteiger partial charge in [0, 0.05) is 16.0 Å². The van der Waals surface area contributed by atoms with Crippen LogP contribution in [0, 0.1) is 5.92 Å². The monoisotopic (exact) mass is 301 g/mol. The van der Waals surface area contributed by atoms with E-state index in [1.54, 1.807) is 19.9 Å². The highest BCUT2D eigenvalue weighted by Crippen LogP contribution is 2.48. The van der Waals surface area contributed by atoms with Crippen LogP contribution in [0.1, 0.15) is 31.7 Å². The van der Waals surface area contributed by atoms with E-state index in [-0.39, 0.29) is 24.3 Å². The third kappa shape index (κ3) is 3.62. The zero-order chi connectivity index (χ0) is 14.2. The van der Waals surface area contributed by atoms with Crippen LogP contribution < -0.4 is 5.32 Å². The van der Waals surface area contributed by atoms with Crippen molar-refractivity contribution in [3.05, 3.63) is 33.8 Å². The lowest BCUT2D eigenvalue weighted by molar-refractivity contribution is -0.124. The predicted molar refractivity (Wildman–Crippen MR) is 76.6 cm³/mol. The van der Waals surface area contributed by atoms with Gasteiger partial charge < -0.3 is 10.4 Å². The molecule has 0 aliphatic heterocycles. The Bertz CT molecular complexity index is 482. The highest BCUT2D eigenvalue weighted by Gasteiger charge is 2.45. The first-order chi connectivity index (χ1) is 8.82. The van der Waals surface area contributed by atoms with Gasteiger partial charge in [0.15, 0.2) is 0 Å². The maximum atomic E-state index is 12.0. The summed E-state index contributed by atoms with van der Waals surface area (Å²) in [6.07, 6.45) is 0.796. The lowest BCUT2D eigenvalue weighted by Gasteiger charge is -2.23. The molecule has 104 valence electrons. The molecule has 2 atom stereocenters. The first-order valence-corrected chi connectivity index (χ1v) is 6.97. The molecule has 0 aromatic heterocycles. The minimum absolute atomic E-state index is 0.0276. The van der Waals surface area contributed by atoms with E-state index in [1.165, 1.54) is 0 Å². The molecule has 1 amide bonds. The number of amides is 1. The van der Waals surface area contributed by atoms with E-state index in [2.05, 4.69) is 5.32 Å². The highest BCUT2D eigenvalue weighted by molar-refractivity contribution is 6.34.